The van der Waals surface area contributed by atoms with Gasteiger partial charge in [0.15, 0.2) is 0 Å². The van der Waals surface area contributed by atoms with Crippen LogP contribution >= 0.6 is 0 Å². The highest BCUT2D eigenvalue weighted by molar-refractivity contribution is 5.78. The Bertz CT molecular complexity index is 626. The minimum Gasteiger partial charge on any atom is -0.379 e. The lowest BCUT2D eigenvalue weighted by molar-refractivity contribution is -0.135. The van der Waals surface area contributed by atoms with Crippen molar-refractivity contribution in [3.8, 4) is 0 Å². The molecule has 2 aliphatic heterocycles. The molecule has 2 fully saturated rings. The number of amides is 2. The number of benzene rings is 1. The molecule has 0 radical (unpaired) electrons. The van der Waals surface area contributed by atoms with Crippen LogP contribution in [0.4, 0.5) is 0 Å². The van der Waals surface area contributed by atoms with E-state index < -0.39 is 0 Å². The number of hydrogen-bond donors (Lipinski definition) is 1. The fourth-order valence-corrected chi connectivity index (χ4v) is 3.67. The Balaban J connectivity index is 1.32. The molecule has 0 bridgehead atoms. The average Bonchev–Trinajstić information content (AvgIpc) is 2.74. The second-order valence-corrected chi connectivity index (χ2v) is 7.56. The lowest BCUT2D eigenvalue weighted by atomic mass is 10.1. The van der Waals surface area contributed by atoms with Gasteiger partial charge < -0.3 is 15.0 Å². The molecule has 0 aliphatic carbocycles. The van der Waals surface area contributed by atoms with Crippen LogP contribution in [-0.2, 0) is 14.3 Å². The predicted molar refractivity (Wildman–Crippen MR) is 108 cm³/mol. The quantitative estimate of drug-likeness (QED) is 0.746. The van der Waals surface area contributed by atoms with Crippen LogP contribution in [0.2, 0.25) is 0 Å². The van der Waals surface area contributed by atoms with Gasteiger partial charge in [0.05, 0.1) is 25.8 Å². The van der Waals surface area contributed by atoms with Crippen LogP contribution in [0.15, 0.2) is 30.3 Å². The molecular weight excluding hydrogens is 356 g/mol. The van der Waals surface area contributed by atoms with Gasteiger partial charge in [0.1, 0.15) is 0 Å². The summed E-state index contributed by atoms with van der Waals surface area (Å²) < 4.78 is 5.33. The van der Waals surface area contributed by atoms with Crippen molar-refractivity contribution in [2.75, 3.05) is 65.6 Å². The van der Waals surface area contributed by atoms with Crippen molar-refractivity contribution in [3.05, 3.63) is 35.9 Å². The monoisotopic (exact) mass is 388 g/mol. The summed E-state index contributed by atoms with van der Waals surface area (Å²) in [5.41, 5.74) is 1.11. The van der Waals surface area contributed by atoms with Gasteiger partial charge in [0, 0.05) is 52.2 Å². The molecule has 0 saturated carbocycles. The van der Waals surface area contributed by atoms with Gasteiger partial charge in [-0.25, -0.2) is 0 Å². The Morgan fingerprint density at radius 2 is 1.68 bits per heavy atom. The Hall–Kier alpha value is -1.96. The first-order valence-electron chi connectivity index (χ1n) is 10.3. The molecule has 1 unspecified atom stereocenters. The topological polar surface area (TPSA) is 65.1 Å². The third-order valence-electron chi connectivity index (χ3n) is 5.52. The maximum atomic E-state index is 12.5. The van der Waals surface area contributed by atoms with Crippen molar-refractivity contribution >= 4 is 11.8 Å². The number of rotatable bonds is 7. The fraction of sp³-hybridized carbons (Fsp3) is 0.619. The van der Waals surface area contributed by atoms with E-state index in [9.17, 15) is 9.59 Å². The third kappa shape index (κ3) is 6.29. The van der Waals surface area contributed by atoms with Gasteiger partial charge in [0.2, 0.25) is 11.8 Å². The van der Waals surface area contributed by atoms with Gasteiger partial charge >= 0.3 is 0 Å². The number of nitrogens with zero attached hydrogens (tertiary/aromatic N) is 3. The molecule has 1 aromatic carbocycles. The number of nitrogens with one attached hydrogen (secondary N) is 1. The number of hydrogen-bond acceptors (Lipinski definition) is 5. The van der Waals surface area contributed by atoms with Crippen molar-refractivity contribution in [1.82, 2.24) is 20.0 Å². The van der Waals surface area contributed by atoms with E-state index in [0.717, 1.165) is 51.4 Å². The van der Waals surface area contributed by atoms with Gasteiger partial charge in [-0.3, -0.25) is 19.4 Å². The second kappa shape index (κ2) is 10.5. The van der Waals surface area contributed by atoms with E-state index in [1.807, 2.05) is 42.2 Å². The third-order valence-corrected chi connectivity index (χ3v) is 5.52. The van der Waals surface area contributed by atoms with Gasteiger partial charge in [-0.05, 0) is 12.5 Å². The van der Waals surface area contributed by atoms with Crippen LogP contribution < -0.4 is 5.32 Å². The summed E-state index contributed by atoms with van der Waals surface area (Å²) in [6.07, 6.45) is 0.485. The van der Waals surface area contributed by atoms with Crippen LogP contribution in [0.3, 0.4) is 0 Å². The van der Waals surface area contributed by atoms with Crippen molar-refractivity contribution in [2.45, 2.75) is 19.4 Å². The molecule has 2 heterocycles. The lowest BCUT2D eigenvalue weighted by Gasteiger charge is -2.36. The first kappa shape index (κ1) is 20.8. The van der Waals surface area contributed by atoms with E-state index >= 15 is 0 Å². The molecule has 1 aromatic rings. The largest absolute Gasteiger partial charge is 0.379 e. The zero-order valence-electron chi connectivity index (χ0n) is 16.8. The number of carbonyl (C=O) groups is 2. The highest BCUT2D eigenvalue weighted by atomic mass is 16.5. The number of morpholine rings is 1. The Morgan fingerprint density at radius 1 is 1.00 bits per heavy atom. The first-order chi connectivity index (χ1) is 13.6. The number of piperazine rings is 1. The van der Waals surface area contributed by atoms with Gasteiger partial charge in [-0.15, -0.1) is 0 Å². The van der Waals surface area contributed by atoms with Gasteiger partial charge in [0.25, 0.3) is 0 Å². The summed E-state index contributed by atoms with van der Waals surface area (Å²) in [7, 11) is 0. The molecule has 154 valence electrons. The minimum absolute atomic E-state index is 0.0170. The van der Waals surface area contributed by atoms with Crippen molar-refractivity contribution in [2.24, 2.45) is 0 Å². The average molecular weight is 389 g/mol. The van der Waals surface area contributed by atoms with Crippen molar-refractivity contribution in [3.63, 3.8) is 0 Å². The summed E-state index contributed by atoms with van der Waals surface area (Å²) >= 11 is 0. The van der Waals surface area contributed by atoms with Crippen LogP contribution in [0, 0.1) is 0 Å². The van der Waals surface area contributed by atoms with E-state index in [1.165, 1.54) is 0 Å². The molecule has 28 heavy (non-hydrogen) atoms. The Labute approximate surface area is 167 Å². The number of ether oxygens (including phenoxy) is 1. The van der Waals surface area contributed by atoms with E-state index in [0.29, 0.717) is 26.2 Å². The zero-order valence-corrected chi connectivity index (χ0v) is 16.8. The van der Waals surface area contributed by atoms with E-state index in [4.69, 9.17) is 4.74 Å². The number of carbonyl (C=O) groups excluding carboxylic acids is 2. The van der Waals surface area contributed by atoms with Crippen LogP contribution in [0.1, 0.15) is 24.9 Å². The molecule has 0 aromatic heterocycles. The van der Waals surface area contributed by atoms with Crippen LogP contribution in [0.25, 0.3) is 0 Å². The molecule has 7 nitrogen and oxygen atoms in total. The smallest absolute Gasteiger partial charge is 0.236 e. The van der Waals surface area contributed by atoms with Crippen molar-refractivity contribution < 1.29 is 14.3 Å². The molecule has 2 amide bonds. The fourth-order valence-electron chi connectivity index (χ4n) is 3.67. The van der Waals surface area contributed by atoms with Gasteiger partial charge in [-0.2, -0.15) is 0 Å². The Kier molecular flexibility index (Phi) is 7.82. The Morgan fingerprint density at radius 3 is 2.36 bits per heavy atom. The first-order valence-corrected chi connectivity index (χ1v) is 10.3. The summed E-state index contributed by atoms with van der Waals surface area (Å²) in [5, 5.41) is 3.06. The standard InChI is InChI=1S/C21H32N4O3/c1-18(19-5-3-2-4-6-19)22-20(26)7-8-23-9-11-25(12-10-23)21(27)17-24-13-15-28-16-14-24/h2-6,18H,7-17H2,1H3,(H,22,26). The van der Waals surface area contributed by atoms with Crippen LogP contribution in [0.5, 0.6) is 0 Å². The van der Waals surface area contributed by atoms with Crippen molar-refractivity contribution in [1.29, 1.82) is 0 Å². The maximum Gasteiger partial charge on any atom is 0.236 e. The molecule has 1 atom stereocenters. The van der Waals surface area contributed by atoms with E-state index in [2.05, 4.69) is 15.1 Å². The highest BCUT2D eigenvalue weighted by Gasteiger charge is 2.23. The molecule has 2 saturated heterocycles. The second-order valence-electron chi connectivity index (χ2n) is 7.56. The van der Waals surface area contributed by atoms with Crippen LogP contribution in [-0.4, -0.2) is 92.1 Å². The molecule has 2 aliphatic rings. The summed E-state index contributed by atoms with van der Waals surface area (Å²) in [6.45, 7) is 9.47. The van der Waals surface area contributed by atoms with Gasteiger partial charge in [-0.1, -0.05) is 30.3 Å². The lowest BCUT2D eigenvalue weighted by Crippen LogP contribution is -2.52. The predicted octanol–water partition coefficient (Wildman–Crippen LogP) is 0.730. The normalized spacial score (nSPS) is 20.0. The molecule has 0 spiro atoms. The SMILES string of the molecule is CC(NC(=O)CCN1CCN(C(=O)CN2CCOCC2)CC1)c1ccccc1. The molecular formula is C21H32N4O3. The summed E-state index contributed by atoms with van der Waals surface area (Å²) in [6, 6.07) is 10.0. The summed E-state index contributed by atoms with van der Waals surface area (Å²) in [4.78, 5) is 31.1. The molecule has 7 heteroatoms. The highest BCUT2D eigenvalue weighted by Crippen LogP contribution is 2.11. The zero-order chi connectivity index (χ0) is 19.8. The molecule has 3 rings (SSSR count). The van der Waals surface area contributed by atoms with E-state index in [1.54, 1.807) is 0 Å². The summed E-state index contributed by atoms with van der Waals surface area (Å²) in [5.74, 6) is 0.276. The molecule has 1 N–H and O–H groups in total. The van der Waals surface area contributed by atoms with E-state index in [-0.39, 0.29) is 17.9 Å². The maximum absolute atomic E-state index is 12.5. The minimum atomic E-state index is 0.0170.